The highest BCUT2D eigenvalue weighted by Gasteiger charge is 2.54. The Kier molecular flexibility index (Phi) is 10.3. The predicted octanol–water partition coefficient (Wildman–Crippen LogP) is 2.31. The first kappa shape index (κ1) is 33.5. The summed E-state index contributed by atoms with van der Waals surface area (Å²) in [5, 5.41) is 9.70. The molecule has 4 heterocycles. The molecular weight excluding hydrogens is 614 g/mol. The molecule has 0 radical (unpaired) electrons. The van der Waals surface area contributed by atoms with Gasteiger partial charge >= 0.3 is 0 Å². The second-order valence-electron chi connectivity index (χ2n) is 13.1. The first-order chi connectivity index (χ1) is 23.2. The van der Waals surface area contributed by atoms with Crippen LogP contribution in [0.4, 0.5) is 0 Å². The standard InChI is InChI=1S/C36H43N5O7/c1-24-19-30(35(45)41(24)31(32(42)36(2)23-47-36)20-26-11-7-4-8-12-26)38-33(43)28(14-13-25-9-5-3-6-10-25)37-34(44)29-21-27(48-39-29)22-40-15-17-46-18-16-40/h3-12,21,24,28,30-31H,13-20,22-23H2,1-2H3,(H,37,44)(H,38,43)/t24?,28-,30-,31-,36+/m0/s1. The maximum atomic E-state index is 13.9. The third-order valence-electron chi connectivity index (χ3n) is 9.39. The van der Waals surface area contributed by atoms with Crippen molar-refractivity contribution < 1.29 is 33.2 Å². The number of aromatic nitrogens is 1. The van der Waals surface area contributed by atoms with Crippen molar-refractivity contribution in [2.75, 3.05) is 32.9 Å². The minimum atomic E-state index is -0.949. The van der Waals surface area contributed by atoms with Crippen molar-refractivity contribution in [3.8, 4) is 0 Å². The number of benzene rings is 2. The molecule has 254 valence electrons. The molecule has 3 fully saturated rings. The van der Waals surface area contributed by atoms with Gasteiger partial charge in [0.2, 0.25) is 11.8 Å². The van der Waals surface area contributed by atoms with Gasteiger partial charge in [0.1, 0.15) is 17.7 Å². The van der Waals surface area contributed by atoms with E-state index in [2.05, 4.69) is 20.7 Å². The van der Waals surface area contributed by atoms with E-state index in [1.54, 1.807) is 17.9 Å². The maximum Gasteiger partial charge on any atom is 0.274 e. The summed E-state index contributed by atoms with van der Waals surface area (Å²) >= 11 is 0. The Balaban J connectivity index is 1.15. The summed E-state index contributed by atoms with van der Waals surface area (Å²) in [6.45, 7) is 7.24. The van der Waals surface area contributed by atoms with Gasteiger partial charge in [0.15, 0.2) is 17.2 Å². The zero-order chi connectivity index (χ0) is 33.7. The molecule has 3 saturated heterocycles. The van der Waals surface area contributed by atoms with Crippen LogP contribution in [0.25, 0.3) is 0 Å². The molecule has 5 atom stereocenters. The maximum absolute atomic E-state index is 13.9. The van der Waals surface area contributed by atoms with Crippen LogP contribution < -0.4 is 10.6 Å². The van der Waals surface area contributed by atoms with Crippen molar-refractivity contribution >= 4 is 23.5 Å². The van der Waals surface area contributed by atoms with Crippen molar-refractivity contribution in [1.29, 1.82) is 0 Å². The van der Waals surface area contributed by atoms with Gasteiger partial charge in [-0.3, -0.25) is 24.1 Å². The lowest BCUT2D eigenvalue weighted by Crippen LogP contribution is -2.54. The van der Waals surface area contributed by atoms with Gasteiger partial charge in [0, 0.05) is 31.6 Å². The molecule has 12 heteroatoms. The second kappa shape index (κ2) is 14.8. The summed E-state index contributed by atoms with van der Waals surface area (Å²) in [5.74, 6) is -0.951. The first-order valence-corrected chi connectivity index (χ1v) is 16.7. The third kappa shape index (κ3) is 8.00. The van der Waals surface area contributed by atoms with Crippen LogP contribution in [-0.4, -0.2) is 101 Å². The van der Waals surface area contributed by atoms with E-state index in [4.69, 9.17) is 14.0 Å². The summed E-state index contributed by atoms with van der Waals surface area (Å²) in [7, 11) is 0. The van der Waals surface area contributed by atoms with Crippen LogP contribution in [0.15, 0.2) is 71.3 Å². The number of amides is 3. The number of epoxide rings is 1. The Morgan fingerprint density at radius 3 is 2.35 bits per heavy atom. The average Bonchev–Trinajstić information content (AvgIpc) is 3.57. The fourth-order valence-electron chi connectivity index (χ4n) is 6.49. The van der Waals surface area contributed by atoms with Crippen LogP contribution in [0.5, 0.6) is 0 Å². The zero-order valence-corrected chi connectivity index (χ0v) is 27.4. The smallest absolute Gasteiger partial charge is 0.274 e. The number of likely N-dealkylation sites (tertiary alicyclic amines) is 1. The highest BCUT2D eigenvalue weighted by molar-refractivity contribution is 6.00. The van der Waals surface area contributed by atoms with E-state index < -0.39 is 35.5 Å². The van der Waals surface area contributed by atoms with Gasteiger partial charge in [0.25, 0.3) is 5.91 Å². The molecule has 2 aromatic carbocycles. The number of nitrogens with zero attached hydrogens (tertiary/aromatic N) is 3. The number of ketones is 1. The van der Waals surface area contributed by atoms with Crippen LogP contribution >= 0.6 is 0 Å². The molecule has 3 aromatic rings. The Morgan fingerprint density at radius 1 is 1.02 bits per heavy atom. The Hall–Kier alpha value is -4.39. The molecule has 3 aliphatic heterocycles. The number of hydrogen-bond acceptors (Lipinski definition) is 9. The Labute approximate surface area is 280 Å². The van der Waals surface area contributed by atoms with Crippen LogP contribution in [0.1, 0.15) is 54.1 Å². The van der Waals surface area contributed by atoms with Gasteiger partial charge in [-0.1, -0.05) is 65.8 Å². The van der Waals surface area contributed by atoms with Gasteiger partial charge < -0.3 is 29.5 Å². The zero-order valence-electron chi connectivity index (χ0n) is 27.4. The van der Waals surface area contributed by atoms with E-state index in [9.17, 15) is 19.2 Å². The number of nitrogens with one attached hydrogen (secondary N) is 2. The molecular formula is C36H43N5O7. The number of carbonyl (C=O) groups excluding carboxylic acids is 4. The summed E-state index contributed by atoms with van der Waals surface area (Å²) < 4.78 is 16.3. The van der Waals surface area contributed by atoms with Crippen molar-refractivity contribution in [2.24, 2.45) is 0 Å². The van der Waals surface area contributed by atoms with E-state index in [1.807, 2.05) is 67.6 Å². The predicted molar refractivity (Wildman–Crippen MR) is 175 cm³/mol. The highest BCUT2D eigenvalue weighted by Crippen LogP contribution is 2.33. The van der Waals surface area contributed by atoms with Gasteiger partial charge in [-0.05, 0) is 44.2 Å². The van der Waals surface area contributed by atoms with Crippen molar-refractivity contribution in [1.82, 2.24) is 25.6 Å². The Bertz CT molecular complexity index is 1590. The molecule has 0 bridgehead atoms. The molecule has 3 amide bonds. The topological polar surface area (TPSA) is 147 Å². The number of aryl methyl sites for hydroxylation is 1. The van der Waals surface area contributed by atoms with E-state index in [-0.39, 0.29) is 23.4 Å². The normalized spacial score (nSPS) is 23.8. The lowest BCUT2D eigenvalue weighted by molar-refractivity contribution is -0.141. The lowest BCUT2D eigenvalue weighted by atomic mass is 9.93. The molecule has 1 unspecified atom stereocenters. The summed E-state index contributed by atoms with van der Waals surface area (Å²) in [6, 6.07) is 18.0. The van der Waals surface area contributed by atoms with Crippen LogP contribution in [0, 0.1) is 0 Å². The van der Waals surface area contributed by atoms with Gasteiger partial charge in [-0.2, -0.15) is 0 Å². The van der Waals surface area contributed by atoms with Gasteiger partial charge in [-0.25, -0.2) is 0 Å². The third-order valence-corrected chi connectivity index (χ3v) is 9.39. The molecule has 3 aliphatic rings. The van der Waals surface area contributed by atoms with Crippen molar-refractivity contribution in [3.63, 3.8) is 0 Å². The summed E-state index contributed by atoms with van der Waals surface area (Å²) in [5.41, 5.74) is 1.09. The number of rotatable bonds is 14. The molecule has 0 aliphatic carbocycles. The molecule has 12 nitrogen and oxygen atoms in total. The monoisotopic (exact) mass is 657 g/mol. The molecule has 0 spiro atoms. The second-order valence-corrected chi connectivity index (χ2v) is 13.1. The Morgan fingerprint density at radius 2 is 1.69 bits per heavy atom. The van der Waals surface area contributed by atoms with Crippen LogP contribution in [0.2, 0.25) is 0 Å². The number of ether oxygens (including phenoxy) is 2. The lowest BCUT2D eigenvalue weighted by Gasteiger charge is -2.32. The van der Waals surface area contributed by atoms with Crippen molar-refractivity contribution in [3.05, 3.63) is 89.3 Å². The van der Waals surface area contributed by atoms with E-state index in [0.29, 0.717) is 57.8 Å². The SMILES string of the molecule is CC1C[C@H](NC(=O)[C@H](CCc2ccccc2)NC(=O)c2cc(CN3CCOCC3)on2)C(=O)N1[C@@H](Cc1ccccc1)C(=O)[C@@]1(C)CO1. The van der Waals surface area contributed by atoms with Crippen LogP contribution in [-0.2, 0) is 43.2 Å². The minimum Gasteiger partial charge on any atom is -0.379 e. The minimum absolute atomic E-state index is 0.0746. The van der Waals surface area contributed by atoms with Crippen LogP contribution in [0.3, 0.4) is 0 Å². The summed E-state index contributed by atoms with van der Waals surface area (Å²) in [6.07, 6.45) is 1.49. The fourth-order valence-corrected chi connectivity index (χ4v) is 6.49. The number of morpholine rings is 1. The molecule has 48 heavy (non-hydrogen) atoms. The number of carbonyl (C=O) groups is 4. The molecule has 1 aromatic heterocycles. The molecule has 0 saturated carbocycles. The fraction of sp³-hybridized carbons (Fsp3) is 0.472. The van der Waals surface area contributed by atoms with E-state index in [1.165, 1.54) is 0 Å². The van der Waals surface area contributed by atoms with E-state index >= 15 is 0 Å². The summed E-state index contributed by atoms with van der Waals surface area (Å²) in [4.78, 5) is 58.5. The van der Waals surface area contributed by atoms with Gasteiger partial charge in [0.05, 0.1) is 32.4 Å². The first-order valence-electron chi connectivity index (χ1n) is 16.7. The largest absolute Gasteiger partial charge is 0.379 e. The van der Waals surface area contributed by atoms with E-state index in [0.717, 1.165) is 24.2 Å². The van der Waals surface area contributed by atoms with Gasteiger partial charge in [-0.15, -0.1) is 0 Å². The average molecular weight is 658 g/mol. The van der Waals surface area contributed by atoms with Crippen molar-refractivity contribution in [2.45, 2.75) is 75.8 Å². The molecule has 2 N–H and O–H groups in total. The number of hydrogen-bond donors (Lipinski definition) is 2. The highest BCUT2D eigenvalue weighted by atomic mass is 16.6. The quantitative estimate of drug-likeness (QED) is 0.250. The number of Topliss-reactive ketones (excluding diaryl/α,β-unsaturated/α-hetero) is 1. The molecule has 6 rings (SSSR count).